The molecule has 0 heterocycles. The van der Waals surface area contributed by atoms with Gasteiger partial charge >= 0.3 is 0 Å². The van der Waals surface area contributed by atoms with Gasteiger partial charge in [0.1, 0.15) is 0 Å². The Bertz CT molecular complexity index is 483. The third-order valence-electron chi connectivity index (χ3n) is 3.72. The number of nitro groups is 1. The zero-order chi connectivity index (χ0) is 16.2. The van der Waals surface area contributed by atoms with Gasteiger partial charge in [-0.2, -0.15) is 0 Å². The van der Waals surface area contributed by atoms with E-state index in [0.29, 0.717) is 24.3 Å². The van der Waals surface area contributed by atoms with E-state index in [-0.39, 0.29) is 16.9 Å². The first-order valence-electron chi connectivity index (χ1n) is 7.04. The fourth-order valence-electron chi connectivity index (χ4n) is 2.47. The highest BCUT2D eigenvalue weighted by atomic mass is 19.3. The first-order valence-corrected chi connectivity index (χ1v) is 7.04. The lowest BCUT2D eigenvalue weighted by Crippen LogP contribution is -2.24. The Morgan fingerprint density at radius 1 is 1.19 bits per heavy atom. The van der Waals surface area contributed by atoms with E-state index < -0.39 is 11.3 Å². The van der Waals surface area contributed by atoms with E-state index in [0.717, 1.165) is 6.07 Å². The van der Waals surface area contributed by atoms with E-state index in [4.69, 9.17) is 0 Å². The van der Waals surface area contributed by atoms with Crippen LogP contribution in [0.15, 0.2) is 18.2 Å². The molecular formula is C15H22F2N2O2. The summed E-state index contributed by atoms with van der Waals surface area (Å²) in [6.07, 6.45) is -2.75. The molecule has 0 bridgehead atoms. The number of alkyl halides is 2. The van der Waals surface area contributed by atoms with Gasteiger partial charge in [-0.3, -0.25) is 10.1 Å². The number of anilines is 1. The Kier molecular flexibility index (Phi) is 6.05. The standard InChI is InChI=1S/C15H22F2N2O2/c1-9(2)13(10(3)4)8-18-14-6-5-11(19(20)21)7-12(14)15(16)17/h5-7,9-10,13,15,18H,8H2,1-4H3. The number of nitrogens with zero attached hydrogens (tertiary/aromatic N) is 1. The van der Waals surface area contributed by atoms with E-state index in [1.165, 1.54) is 12.1 Å². The molecule has 1 N–H and O–H groups in total. The first kappa shape index (κ1) is 17.3. The van der Waals surface area contributed by atoms with Gasteiger partial charge < -0.3 is 5.32 Å². The Hall–Kier alpha value is -1.72. The Balaban J connectivity index is 2.95. The maximum absolute atomic E-state index is 13.0. The number of non-ortho nitro benzene ring substituents is 1. The number of nitro benzene ring substituents is 1. The van der Waals surface area contributed by atoms with Gasteiger partial charge in [0.05, 0.1) is 4.92 Å². The van der Waals surface area contributed by atoms with Crippen molar-refractivity contribution in [1.29, 1.82) is 0 Å². The third-order valence-corrected chi connectivity index (χ3v) is 3.72. The molecule has 0 unspecified atom stereocenters. The van der Waals surface area contributed by atoms with E-state index in [1.807, 2.05) is 0 Å². The minimum Gasteiger partial charge on any atom is -0.384 e. The molecule has 0 atom stereocenters. The zero-order valence-electron chi connectivity index (χ0n) is 12.8. The van der Waals surface area contributed by atoms with Crippen molar-refractivity contribution in [3.8, 4) is 0 Å². The fraction of sp³-hybridized carbons (Fsp3) is 0.600. The molecule has 6 heteroatoms. The molecule has 0 radical (unpaired) electrons. The molecule has 0 spiro atoms. The van der Waals surface area contributed by atoms with E-state index in [2.05, 4.69) is 33.0 Å². The first-order chi connectivity index (χ1) is 9.73. The Morgan fingerprint density at radius 3 is 2.19 bits per heavy atom. The van der Waals surface area contributed by atoms with Crippen molar-refractivity contribution in [3.05, 3.63) is 33.9 Å². The minimum atomic E-state index is -2.75. The van der Waals surface area contributed by atoms with Gasteiger partial charge in [0.25, 0.3) is 12.1 Å². The number of hydrogen-bond donors (Lipinski definition) is 1. The van der Waals surface area contributed by atoms with Crippen LogP contribution in [0.4, 0.5) is 20.2 Å². The highest BCUT2D eigenvalue weighted by molar-refractivity contribution is 5.56. The van der Waals surface area contributed by atoms with Crippen LogP contribution in [0.5, 0.6) is 0 Å². The molecule has 0 aliphatic rings. The zero-order valence-corrected chi connectivity index (χ0v) is 12.8. The second kappa shape index (κ2) is 7.33. The van der Waals surface area contributed by atoms with Gasteiger partial charge in [0.15, 0.2) is 0 Å². The van der Waals surface area contributed by atoms with E-state index in [9.17, 15) is 18.9 Å². The number of nitrogens with one attached hydrogen (secondary N) is 1. The SMILES string of the molecule is CC(C)C(CNc1ccc([N+](=O)[O-])cc1C(F)F)C(C)C. The molecule has 0 amide bonds. The third kappa shape index (κ3) is 4.65. The lowest BCUT2D eigenvalue weighted by atomic mass is 9.85. The van der Waals surface area contributed by atoms with Crippen LogP contribution in [-0.4, -0.2) is 11.5 Å². The van der Waals surface area contributed by atoms with Crippen molar-refractivity contribution in [1.82, 2.24) is 0 Å². The molecule has 0 saturated carbocycles. The van der Waals surface area contributed by atoms with Crippen molar-refractivity contribution in [2.24, 2.45) is 17.8 Å². The van der Waals surface area contributed by atoms with Crippen LogP contribution in [0, 0.1) is 27.9 Å². The lowest BCUT2D eigenvalue weighted by Gasteiger charge is -2.26. The van der Waals surface area contributed by atoms with Crippen LogP contribution in [0.25, 0.3) is 0 Å². The van der Waals surface area contributed by atoms with Crippen molar-refractivity contribution < 1.29 is 13.7 Å². The summed E-state index contributed by atoms with van der Waals surface area (Å²) < 4.78 is 26.1. The predicted octanol–water partition coefficient (Wildman–Crippen LogP) is 4.87. The monoisotopic (exact) mass is 300 g/mol. The van der Waals surface area contributed by atoms with Crippen LogP contribution >= 0.6 is 0 Å². The predicted molar refractivity (Wildman–Crippen MR) is 79.7 cm³/mol. The summed E-state index contributed by atoms with van der Waals surface area (Å²) in [7, 11) is 0. The molecule has 21 heavy (non-hydrogen) atoms. The van der Waals surface area contributed by atoms with Crippen LogP contribution in [0.3, 0.4) is 0 Å². The molecule has 1 rings (SSSR count). The highest BCUT2D eigenvalue weighted by Crippen LogP contribution is 2.31. The number of benzene rings is 1. The highest BCUT2D eigenvalue weighted by Gasteiger charge is 2.21. The summed E-state index contributed by atoms with van der Waals surface area (Å²) >= 11 is 0. The van der Waals surface area contributed by atoms with Crippen molar-refractivity contribution in [3.63, 3.8) is 0 Å². The van der Waals surface area contributed by atoms with Gasteiger partial charge in [-0.25, -0.2) is 8.78 Å². The van der Waals surface area contributed by atoms with E-state index in [1.54, 1.807) is 0 Å². The number of rotatable bonds is 7. The molecule has 1 aromatic carbocycles. The van der Waals surface area contributed by atoms with Gasteiger partial charge in [-0.15, -0.1) is 0 Å². The lowest BCUT2D eigenvalue weighted by molar-refractivity contribution is -0.385. The van der Waals surface area contributed by atoms with Crippen LogP contribution < -0.4 is 5.32 Å². The summed E-state index contributed by atoms with van der Waals surface area (Å²) in [6, 6.07) is 3.54. The van der Waals surface area contributed by atoms with Crippen LogP contribution in [-0.2, 0) is 0 Å². The smallest absolute Gasteiger partial charge is 0.270 e. The average Bonchev–Trinajstić information content (AvgIpc) is 2.37. The topological polar surface area (TPSA) is 55.2 Å². The van der Waals surface area contributed by atoms with Gasteiger partial charge in [0.2, 0.25) is 0 Å². The molecule has 118 valence electrons. The number of hydrogen-bond acceptors (Lipinski definition) is 3. The maximum atomic E-state index is 13.0. The molecule has 0 aliphatic heterocycles. The van der Waals surface area contributed by atoms with Crippen LogP contribution in [0.1, 0.15) is 39.7 Å². The molecular weight excluding hydrogens is 278 g/mol. The number of halogens is 2. The molecule has 0 saturated heterocycles. The molecule has 1 aromatic rings. The quantitative estimate of drug-likeness (QED) is 0.577. The summed E-state index contributed by atoms with van der Waals surface area (Å²) in [5, 5.41) is 13.7. The Labute approximate surface area is 123 Å². The molecule has 0 fully saturated rings. The molecule has 0 aliphatic carbocycles. The van der Waals surface area contributed by atoms with Crippen molar-refractivity contribution >= 4 is 11.4 Å². The minimum absolute atomic E-state index is 0.266. The second-order valence-electron chi connectivity index (χ2n) is 5.86. The average molecular weight is 300 g/mol. The molecule has 0 aromatic heterocycles. The summed E-state index contributed by atoms with van der Waals surface area (Å²) in [5.74, 6) is 1.18. The summed E-state index contributed by atoms with van der Waals surface area (Å²) in [6.45, 7) is 8.94. The fourth-order valence-corrected chi connectivity index (χ4v) is 2.47. The normalized spacial score (nSPS) is 11.7. The van der Waals surface area contributed by atoms with Gasteiger partial charge in [0, 0.05) is 29.9 Å². The maximum Gasteiger partial charge on any atom is 0.270 e. The van der Waals surface area contributed by atoms with E-state index >= 15 is 0 Å². The van der Waals surface area contributed by atoms with Crippen molar-refractivity contribution in [2.75, 3.05) is 11.9 Å². The van der Waals surface area contributed by atoms with Crippen molar-refractivity contribution in [2.45, 2.75) is 34.1 Å². The Morgan fingerprint density at radius 2 is 1.76 bits per heavy atom. The summed E-state index contributed by atoms with van der Waals surface area (Å²) in [5.41, 5.74) is -0.377. The second-order valence-corrected chi connectivity index (χ2v) is 5.86. The molecule has 4 nitrogen and oxygen atoms in total. The van der Waals surface area contributed by atoms with Crippen LogP contribution in [0.2, 0.25) is 0 Å². The van der Waals surface area contributed by atoms with Gasteiger partial charge in [-0.1, -0.05) is 27.7 Å². The largest absolute Gasteiger partial charge is 0.384 e. The summed E-state index contributed by atoms with van der Waals surface area (Å²) in [4.78, 5) is 10.0. The van der Waals surface area contributed by atoms with Gasteiger partial charge in [-0.05, 0) is 23.8 Å².